The molecule has 0 aromatic heterocycles. The van der Waals surface area contributed by atoms with Crippen molar-refractivity contribution < 1.29 is 29.3 Å². The standard InChI is InChI=1S/C15H33N3O6/c19-8-3-11-22-10-2-5-17-15(21)4-1-6-18-24-14-16-7-12-23-13-9-20/h16,18-20H,1-14H2,(H,17,21). The Hall–Kier alpha value is -0.810. The van der Waals surface area contributed by atoms with Crippen molar-refractivity contribution in [2.24, 2.45) is 0 Å². The lowest BCUT2D eigenvalue weighted by atomic mass is 10.3. The fourth-order valence-electron chi connectivity index (χ4n) is 1.64. The summed E-state index contributed by atoms with van der Waals surface area (Å²) < 4.78 is 10.3. The maximum Gasteiger partial charge on any atom is 0.220 e. The fraction of sp³-hybridized carbons (Fsp3) is 0.933. The largest absolute Gasteiger partial charge is 0.396 e. The molecule has 0 saturated heterocycles. The first-order valence-electron chi connectivity index (χ1n) is 8.50. The number of hydrogen-bond acceptors (Lipinski definition) is 8. The number of hydroxylamine groups is 1. The van der Waals surface area contributed by atoms with Gasteiger partial charge in [0, 0.05) is 45.9 Å². The molecule has 5 N–H and O–H groups in total. The molecule has 0 bridgehead atoms. The van der Waals surface area contributed by atoms with Crippen LogP contribution in [0.4, 0.5) is 0 Å². The van der Waals surface area contributed by atoms with Crippen LogP contribution in [0.15, 0.2) is 0 Å². The summed E-state index contributed by atoms with van der Waals surface area (Å²) in [5, 5.41) is 22.9. The van der Waals surface area contributed by atoms with Crippen molar-refractivity contribution in [1.29, 1.82) is 0 Å². The molecule has 0 saturated carbocycles. The molecule has 0 spiro atoms. The summed E-state index contributed by atoms with van der Waals surface area (Å²) in [4.78, 5) is 16.7. The highest BCUT2D eigenvalue weighted by Gasteiger charge is 2.00. The van der Waals surface area contributed by atoms with E-state index in [1.54, 1.807) is 0 Å². The first-order chi connectivity index (χ1) is 11.8. The molecule has 0 unspecified atom stereocenters. The van der Waals surface area contributed by atoms with E-state index >= 15 is 0 Å². The molecule has 24 heavy (non-hydrogen) atoms. The predicted octanol–water partition coefficient (Wildman–Crippen LogP) is -1.25. The molecule has 0 atom stereocenters. The Morgan fingerprint density at radius 2 is 1.62 bits per heavy atom. The number of hydrogen-bond donors (Lipinski definition) is 5. The zero-order valence-corrected chi connectivity index (χ0v) is 14.4. The molecule has 0 aromatic carbocycles. The SMILES string of the molecule is O=C(CCCNOCNCCOCCO)NCCCOCCCO. The van der Waals surface area contributed by atoms with E-state index in [1.807, 2.05) is 0 Å². The summed E-state index contributed by atoms with van der Waals surface area (Å²) in [6, 6.07) is 0. The van der Waals surface area contributed by atoms with E-state index in [0.29, 0.717) is 72.1 Å². The van der Waals surface area contributed by atoms with E-state index in [2.05, 4.69) is 16.1 Å². The minimum absolute atomic E-state index is 0.0197. The second-order valence-corrected chi connectivity index (χ2v) is 5.02. The van der Waals surface area contributed by atoms with Crippen LogP contribution in [0.5, 0.6) is 0 Å². The Labute approximate surface area is 144 Å². The van der Waals surface area contributed by atoms with Crippen molar-refractivity contribution in [1.82, 2.24) is 16.1 Å². The third-order valence-electron chi connectivity index (χ3n) is 2.85. The van der Waals surface area contributed by atoms with Gasteiger partial charge in [-0.05, 0) is 19.3 Å². The van der Waals surface area contributed by atoms with Gasteiger partial charge >= 0.3 is 0 Å². The number of amides is 1. The third-order valence-corrected chi connectivity index (χ3v) is 2.85. The summed E-state index contributed by atoms with van der Waals surface area (Å²) in [5.74, 6) is 0.0197. The Balaban J connectivity index is 3.12. The molecule has 0 heterocycles. The van der Waals surface area contributed by atoms with Crippen LogP contribution in [0.1, 0.15) is 25.7 Å². The number of carbonyl (C=O) groups is 1. The first-order valence-corrected chi connectivity index (χ1v) is 8.50. The molecule has 0 aliphatic carbocycles. The second kappa shape index (κ2) is 20.2. The van der Waals surface area contributed by atoms with Crippen LogP contribution in [-0.2, 0) is 19.1 Å². The van der Waals surface area contributed by atoms with E-state index < -0.39 is 0 Å². The fourth-order valence-corrected chi connectivity index (χ4v) is 1.64. The van der Waals surface area contributed by atoms with Crippen molar-refractivity contribution in [3.05, 3.63) is 0 Å². The number of nitrogens with one attached hydrogen (secondary N) is 3. The molecule has 0 aromatic rings. The van der Waals surface area contributed by atoms with Crippen LogP contribution in [0, 0.1) is 0 Å². The van der Waals surface area contributed by atoms with Gasteiger partial charge in [-0.2, -0.15) is 0 Å². The van der Waals surface area contributed by atoms with Gasteiger partial charge in [0.25, 0.3) is 0 Å². The highest BCUT2D eigenvalue weighted by Crippen LogP contribution is 1.89. The maximum atomic E-state index is 11.5. The zero-order valence-electron chi connectivity index (χ0n) is 14.4. The molecular weight excluding hydrogens is 318 g/mol. The van der Waals surface area contributed by atoms with Gasteiger partial charge in [0.15, 0.2) is 0 Å². The quantitative estimate of drug-likeness (QED) is 0.111. The van der Waals surface area contributed by atoms with Crippen molar-refractivity contribution >= 4 is 5.91 Å². The first kappa shape index (κ1) is 23.2. The summed E-state index contributed by atoms with van der Waals surface area (Å²) in [6.07, 6.45) is 2.56. The van der Waals surface area contributed by atoms with Gasteiger partial charge < -0.3 is 25.0 Å². The van der Waals surface area contributed by atoms with E-state index in [9.17, 15) is 4.79 Å². The lowest BCUT2D eigenvalue weighted by Gasteiger charge is -2.08. The molecule has 0 aliphatic heterocycles. The normalized spacial score (nSPS) is 10.9. The van der Waals surface area contributed by atoms with Crippen molar-refractivity contribution in [3.63, 3.8) is 0 Å². The average Bonchev–Trinajstić information content (AvgIpc) is 2.59. The lowest BCUT2D eigenvalue weighted by Crippen LogP contribution is -2.29. The van der Waals surface area contributed by atoms with Crippen molar-refractivity contribution in [3.8, 4) is 0 Å². The van der Waals surface area contributed by atoms with Gasteiger partial charge in [-0.1, -0.05) is 0 Å². The maximum absolute atomic E-state index is 11.5. The third kappa shape index (κ3) is 19.2. The number of aliphatic hydroxyl groups excluding tert-OH is 2. The van der Waals surface area contributed by atoms with Gasteiger partial charge in [0.2, 0.25) is 5.91 Å². The Bertz CT molecular complexity index is 272. The minimum Gasteiger partial charge on any atom is -0.396 e. The van der Waals surface area contributed by atoms with E-state index in [4.69, 9.17) is 24.5 Å². The van der Waals surface area contributed by atoms with Crippen molar-refractivity contribution in [2.45, 2.75) is 25.7 Å². The number of rotatable bonds is 19. The van der Waals surface area contributed by atoms with Crippen LogP contribution in [0.2, 0.25) is 0 Å². The summed E-state index contributed by atoms with van der Waals surface area (Å²) in [5.41, 5.74) is 2.78. The van der Waals surface area contributed by atoms with Gasteiger partial charge in [-0.3, -0.25) is 14.9 Å². The highest BCUT2D eigenvalue weighted by atomic mass is 16.7. The summed E-state index contributed by atoms with van der Waals surface area (Å²) in [7, 11) is 0. The molecule has 0 rings (SSSR count). The lowest BCUT2D eigenvalue weighted by molar-refractivity contribution is -0.121. The molecule has 1 amide bonds. The molecular formula is C15H33N3O6. The van der Waals surface area contributed by atoms with Gasteiger partial charge in [0.05, 0.1) is 19.8 Å². The van der Waals surface area contributed by atoms with Crippen molar-refractivity contribution in [2.75, 3.05) is 66.0 Å². The van der Waals surface area contributed by atoms with Crippen LogP contribution in [0.25, 0.3) is 0 Å². The van der Waals surface area contributed by atoms with Crippen LogP contribution in [-0.4, -0.2) is 82.1 Å². The Kier molecular flexibility index (Phi) is 19.6. The van der Waals surface area contributed by atoms with Gasteiger partial charge in [-0.15, -0.1) is 0 Å². The molecule has 9 nitrogen and oxygen atoms in total. The van der Waals surface area contributed by atoms with Crippen LogP contribution in [0.3, 0.4) is 0 Å². The van der Waals surface area contributed by atoms with Crippen LogP contribution >= 0.6 is 0 Å². The predicted molar refractivity (Wildman–Crippen MR) is 89.2 cm³/mol. The smallest absolute Gasteiger partial charge is 0.220 e. The van der Waals surface area contributed by atoms with E-state index in [-0.39, 0.29) is 19.1 Å². The van der Waals surface area contributed by atoms with Crippen LogP contribution < -0.4 is 16.1 Å². The average molecular weight is 351 g/mol. The topological polar surface area (TPSA) is 121 Å². The van der Waals surface area contributed by atoms with E-state index in [1.165, 1.54) is 0 Å². The monoisotopic (exact) mass is 351 g/mol. The summed E-state index contributed by atoms with van der Waals surface area (Å²) in [6.45, 7) is 4.39. The molecule has 0 radical (unpaired) electrons. The van der Waals surface area contributed by atoms with E-state index in [0.717, 1.165) is 6.42 Å². The number of ether oxygens (including phenoxy) is 2. The number of carbonyl (C=O) groups excluding carboxylic acids is 1. The molecule has 0 fully saturated rings. The second-order valence-electron chi connectivity index (χ2n) is 5.02. The minimum atomic E-state index is 0.0197. The highest BCUT2D eigenvalue weighted by molar-refractivity contribution is 5.75. The van der Waals surface area contributed by atoms with Gasteiger partial charge in [0.1, 0.15) is 6.73 Å². The molecule has 0 aliphatic rings. The molecule has 144 valence electrons. The van der Waals surface area contributed by atoms with Gasteiger partial charge in [-0.25, -0.2) is 5.48 Å². The number of aliphatic hydroxyl groups is 2. The Morgan fingerprint density at radius 1 is 0.833 bits per heavy atom. The zero-order chi connectivity index (χ0) is 17.7. The molecule has 9 heteroatoms. The summed E-state index contributed by atoms with van der Waals surface area (Å²) >= 11 is 0. The Morgan fingerprint density at radius 3 is 2.42 bits per heavy atom.